The van der Waals surface area contributed by atoms with Gasteiger partial charge in [0.25, 0.3) is 0 Å². The summed E-state index contributed by atoms with van der Waals surface area (Å²) in [6.45, 7) is 3.26. The summed E-state index contributed by atoms with van der Waals surface area (Å²) in [5, 5.41) is 3.52. The SMILES string of the molecule is CCCn1ccnc1CC(NC)C1(OC)CCCCCC1. The highest BCUT2D eigenvalue weighted by molar-refractivity contribution is 5.02. The number of hydrogen-bond donors (Lipinski definition) is 1. The van der Waals surface area contributed by atoms with Crippen molar-refractivity contribution in [2.75, 3.05) is 14.2 Å². The van der Waals surface area contributed by atoms with Crippen LogP contribution in [0.1, 0.15) is 57.7 Å². The predicted octanol–water partition coefficient (Wildman–Crippen LogP) is 3.16. The van der Waals surface area contributed by atoms with Crippen LogP contribution in [0.15, 0.2) is 12.4 Å². The molecule has 4 heteroatoms. The Morgan fingerprint density at radius 1 is 1.33 bits per heavy atom. The van der Waals surface area contributed by atoms with Crippen LogP contribution in [0, 0.1) is 0 Å². The smallest absolute Gasteiger partial charge is 0.110 e. The van der Waals surface area contributed by atoms with Gasteiger partial charge in [-0.15, -0.1) is 0 Å². The quantitative estimate of drug-likeness (QED) is 0.785. The van der Waals surface area contributed by atoms with E-state index >= 15 is 0 Å². The normalized spacial score (nSPS) is 20.1. The number of ether oxygens (including phenoxy) is 1. The molecular formula is C17H31N3O. The van der Waals surface area contributed by atoms with E-state index in [1.165, 1.54) is 31.5 Å². The largest absolute Gasteiger partial charge is 0.377 e. The summed E-state index contributed by atoms with van der Waals surface area (Å²) in [5.74, 6) is 1.18. The summed E-state index contributed by atoms with van der Waals surface area (Å²) in [6, 6.07) is 0.332. The molecule has 1 aromatic rings. The Labute approximate surface area is 129 Å². The van der Waals surface area contributed by atoms with Gasteiger partial charge in [0.1, 0.15) is 5.82 Å². The molecule has 1 aliphatic rings. The Morgan fingerprint density at radius 2 is 2.05 bits per heavy atom. The summed E-state index contributed by atoms with van der Waals surface area (Å²) in [5.41, 5.74) is -0.0335. The van der Waals surface area contributed by atoms with Crippen molar-refractivity contribution in [3.63, 3.8) is 0 Å². The van der Waals surface area contributed by atoms with Gasteiger partial charge in [-0.2, -0.15) is 0 Å². The monoisotopic (exact) mass is 293 g/mol. The molecule has 1 N–H and O–H groups in total. The molecule has 1 saturated carbocycles. The summed E-state index contributed by atoms with van der Waals surface area (Å²) in [6.07, 6.45) is 13.6. The molecule has 0 saturated heterocycles. The Kier molecular flexibility index (Phi) is 6.24. The van der Waals surface area contributed by atoms with E-state index in [0.717, 1.165) is 32.2 Å². The fourth-order valence-corrected chi connectivity index (χ4v) is 3.73. The van der Waals surface area contributed by atoms with Crippen LogP contribution >= 0.6 is 0 Å². The highest BCUT2D eigenvalue weighted by Crippen LogP contribution is 2.34. The van der Waals surface area contributed by atoms with Crippen molar-refractivity contribution < 1.29 is 4.74 Å². The van der Waals surface area contributed by atoms with E-state index < -0.39 is 0 Å². The van der Waals surface area contributed by atoms with Crippen molar-refractivity contribution in [3.8, 4) is 0 Å². The lowest BCUT2D eigenvalue weighted by atomic mass is 9.84. The molecule has 120 valence electrons. The van der Waals surface area contributed by atoms with Crippen molar-refractivity contribution in [3.05, 3.63) is 18.2 Å². The molecule has 1 aromatic heterocycles. The number of aromatic nitrogens is 2. The van der Waals surface area contributed by atoms with E-state index in [9.17, 15) is 0 Å². The molecule has 21 heavy (non-hydrogen) atoms. The van der Waals surface area contributed by atoms with E-state index in [4.69, 9.17) is 4.74 Å². The molecule has 0 spiro atoms. The molecule has 0 amide bonds. The van der Waals surface area contributed by atoms with E-state index in [2.05, 4.69) is 35.0 Å². The minimum Gasteiger partial charge on any atom is -0.377 e. The van der Waals surface area contributed by atoms with Crippen molar-refractivity contribution in [2.24, 2.45) is 0 Å². The van der Waals surface area contributed by atoms with Crippen molar-refractivity contribution in [2.45, 2.75) is 76.5 Å². The first-order chi connectivity index (χ1) is 10.3. The molecular weight excluding hydrogens is 262 g/mol. The van der Waals surface area contributed by atoms with Gasteiger partial charge < -0.3 is 14.6 Å². The Morgan fingerprint density at radius 3 is 2.62 bits per heavy atom. The first-order valence-corrected chi connectivity index (χ1v) is 8.48. The maximum atomic E-state index is 6.06. The highest BCUT2D eigenvalue weighted by atomic mass is 16.5. The Balaban J connectivity index is 2.14. The molecule has 1 aliphatic carbocycles. The average molecular weight is 293 g/mol. The number of hydrogen-bond acceptors (Lipinski definition) is 3. The van der Waals surface area contributed by atoms with Crippen LogP contribution in [0.4, 0.5) is 0 Å². The highest BCUT2D eigenvalue weighted by Gasteiger charge is 2.38. The number of nitrogens with one attached hydrogen (secondary N) is 1. The lowest BCUT2D eigenvalue weighted by Gasteiger charge is -2.39. The number of aryl methyl sites for hydroxylation is 1. The lowest BCUT2D eigenvalue weighted by molar-refractivity contribution is -0.0515. The van der Waals surface area contributed by atoms with Crippen molar-refractivity contribution in [1.29, 1.82) is 0 Å². The van der Waals surface area contributed by atoms with Crippen LogP contribution in [0.3, 0.4) is 0 Å². The van der Waals surface area contributed by atoms with Crippen LogP contribution in [-0.4, -0.2) is 35.4 Å². The summed E-state index contributed by atoms with van der Waals surface area (Å²) < 4.78 is 8.34. The van der Waals surface area contributed by atoms with Crippen molar-refractivity contribution in [1.82, 2.24) is 14.9 Å². The minimum atomic E-state index is -0.0335. The van der Waals surface area contributed by atoms with Crippen molar-refractivity contribution >= 4 is 0 Å². The zero-order chi connectivity index (χ0) is 15.1. The van der Waals surface area contributed by atoms with Crippen LogP contribution < -0.4 is 5.32 Å². The lowest BCUT2D eigenvalue weighted by Crippen LogP contribution is -2.52. The van der Waals surface area contributed by atoms with Gasteiger partial charge >= 0.3 is 0 Å². The summed E-state index contributed by atoms with van der Waals surface area (Å²) in [7, 11) is 3.94. The summed E-state index contributed by atoms with van der Waals surface area (Å²) >= 11 is 0. The fourth-order valence-electron chi connectivity index (χ4n) is 3.73. The number of methoxy groups -OCH3 is 1. The van der Waals surface area contributed by atoms with E-state index in [1.54, 1.807) is 0 Å². The second kappa shape index (κ2) is 7.95. The zero-order valence-corrected chi connectivity index (χ0v) is 13.9. The number of nitrogens with zero attached hydrogens (tertiary/aromatic N) is 2. The molecule has 4 nitrogen and oxygen atoms in total. The van der Waals surface area contributed by atoms with Crippen LogP contribution in [0.25, 0.3) is 0 Å². The van der Waals surface area contributed by atoms with Crippen LogP contribution in [-0.2, 0) is 17.7 Å². The third-order valence-corrected chi connectivity index (χ3v) is 4.99. The fraction of sp³-hybridized carbons (Fsp3) is 0.824. The molecule has 0 aliphatic heterocycles. The Bertz CT molecular complexity index is 408. The molecule has 1 atom stereocenters. The molecule has 1 heterocycles. The zero-order valence-electron chi connectivity index (χ0n) is 13.9. The van der Waals surface area contributed by atoms with Gasteiger partial charge in [-0.1, -0.05) is 32.6 Å². The van der Waals surface area contributed by atoms with Gasteiger partial charge in [-0.25, -0.2) is 4.98 Å². The van der Waals surface area contributed by atoms with Gasteiger partial charge in [-0.3, -0.25) is 0 Å². The minimum absolute atomic E-state index is 0.0335. The van der Waals surface area contributed by atoms with E-state index in [-0.39, 0.29) is 5.60 Å². The van der Waals surface area contributed by atoms with Crippen LogP contribution in [0.2, 0.25) is 0 Å². The Hall–Kier alpha value is -0.870. The average Bonchev–Trinajstić information content (AvgIpc) is 2.80. The first kappa shape index (κ1) is 16.5. The van der Waals surface area contributed by atoms with Gasteiger partial charge in [-0.05, 0) is 26.3 Å². The predicted molar refractivity (Wildman–Crippen MR) is 86.5 cm³/mol. The maximum Gasteiger partial charge on any atom is 0.110 e. The molecule has 0 bridgehead atoms. The molecule has 1 unspecified atom stereocenters. The van der Waals surface area contributed by atoms with Gasteiger partial charge in [0.2, 0.25) is 0 Å². The first-order valence-electron chi connectivity index (χ1n) is 8.48. The topological polar surface area (TPSA) is 39.1 Å². The second-order valence-corrected chi connectivity index (χ2v) is 6.27. The van der Waals surface area contributed by atoms with Gasteiger partial charge in [0.15, 0.2) is 0 Å². The second-order valence-electron chi connectivity index (χ2n) is 6.27. The number of rotatable bonds is 7. The molecule has 0 radical (unpaired) electrons. The number of likely N-dealkylation sites (N-methyl/N-ethyl adjacent to an activating group) is 1. The molecule has 1 fully saturated rings. The standard InChI is InChI=1S/C17H31N3O/c1-4-12-20-13-11-19-16(20)14-15(18-2)17(21-3)9-7-5-6-8-10-17/h11,13,15,18H,4-10,12,14H2,1-3H3. The third-order valence-electron chi connectivity index (χ3n) is 4.99. The number of imidazole rings is 1. The summed E-state index contributed by atoms with van der Waals surface area (Å²) in [4.78, 5) is 4.57. The molecule has 0 aromatic carbocycles. The van der Waals surface area contributed by atoms with E-state index in [1.807, 2.05) is 13.3 Å². The third kappa shape index (κ3) is 3.86. The molecule has 2 rings (SSSR count). The van der Waals surface area contributed by atoms with Crippen LogP contribution in [0.5, 0.6) is 0 Å². The van der Waals surface area contributed by atoms with E-state index in [0.29, 0.717) is 6.04 Å². The maximum absolute atomic E-state index is 6.06. The van der Waals surface area contributed by atoms with Gasteiger partial charge in [0.05, 0.1) is 5.60 Å². The van der Waals surface area contributed by atoms with Gasteiger partial charge in [0, 0.05) is 38.5 Å².